The van der Waals surface area contributed by atoms with Crippen LogP contribution in [0.5, 0.6) is 0 Å². The lowest BCUT2D eigenvalue weighted by molar-refractivity contribution is 0.811. The average molecular weight is 522 g/mol. The first kappa shape index (κ1) is 20.9. The van der Waals surface area contributed by atoms with Crippen molar-refractivity contribution >= 4 is 68.9 Å². The first-order chi connectivity index (χ1) is 19.8. The van der Waals surface area contributed by atoms with Crippen molar-refractivity contribution in [2.45, 2.75) is 0 Å². The second kappa shape index (κ2) is 7.70. The van der Waals surface area contributed by atoms with Gasteiger partial charge in [-0.25, -0.2) is 19.9 Å². The lowest BCUT2D eigenvalue weighted by Gasteiger charge is -2.30. The molecule has 3 aliphatic heterocycles. The highest BCUT2D eigenvalue weighted by atomic mass is 15.5. The maximum absolute atomic E-state index is 4.80. The second-order valence-corrected chi connectivity index (χ2v) is 9.12. The predicted molar refractivity (Wildman–Crippen MR) is 152 cm³/mol. The third-order valence-electron chi connectivity index (χ3n) is 6.81. The fraction of sp³-hybridized carbons (Fsp3) is 0. The summed E-state index contributed by atoms with van der Waals surface area (Å²) in [7, 11) is 0. The fourth-order valence-corrected chi connectivity index (χ4v) is 4.93. The molecular formula is C27H15N13. The summed E-state index contributed by atoms with van der Waals surface area (Å²) < 4.78 is 5.44. The van der Waals surface area contributed by atoms with Gasteiger partial charge in [0.2, 0.25) is 35.8 Å². The third-order valence-corrected chi connectivity index (χ3v) is 6.81. The Labute approximate surface area is 224 Å². The number of hydrogen-bond acceptors (Lipinski definition) is 10. The summed E-state index contributed by atoms with van der Waals surface area (Å²) in [5.41, 5.74) is 5.06. The van der Waals surface area contributed by atoms with Gasteiger partial charge in [0.15, 0.2) is 0 Å². The Hall–Kier alpha value is -6.11. The second-order valence-electron chi connectivity index (χ2n) is 9.12. The SMILES string of the molecule is c1ccc2c(c1)ncn2C1=NC2=NC(n3cnc4ccccc43)=NC3=NC(n4cnc5ccccc54)=NC(=N1)N23. The van der Waals surface area contributed by atoms with E-state index in [2.05, 4.69) is 15.0 Å². The molecular weight excluding hydrogens is 506 g/mol. The maximum atomic E-state index is 4.80. The molecule has 0 unspecified atom stereocenters. The van der Waals surface area contributed by atoms with Crippen LogP contribution in [-0.4, -0.2) is 69.3 Å². The van der Waals surface area contributed by atoms with Crippen LogP contribution in [0.3, 0.4) is 0 Å². The Morgan fingerprint density at radius 2 is 0.650 bits per heavy atom. The maximum Gasteiger partial charge on any atom is 0.246 e. The van der Waals surface area contributed by atoms with Gasteiger partial charge in [-0.05, 0) is 36.4 Å². The van der Waals surface area contributed by atoms with Crippen LogP contribution in [0.15, 0.2) is 122 Å². The van der Waals surface area contributed by atoms with E-state index in [-0.39, 0.29) is 0 Å². The normalized spacial score (nSPS) is 16.4. The number of hydrogen-bond donors (Lipinski definition) is 0. The number of rotatable bonds is 0. The molecule has 0 saturated heterocycles. The minimum atomic E-state index is 0.331. The van der Waals surface area contributed by atoms with Crippen molar-refractivity contribution < 1.29 is 0 Å². The summed E-state index contributed by atoms with van der Waals surface area (Å²) in [5, 5.41) is 0. The molecule has 6 aromatic rings. The van der Waals surface area contributed by atoms with E-state index in [1.165, 1.54) is 0 Å². The van der Waals surface area contributed by atoms with Crippen LogP contribution < -0.4 is 0 Å². The van der Waals surface area contributed by atoms with Crippen molar-refractivity contribution in [3.63, 3.8) is 0 Å². The van der Waals surface area contributed by atoms with Gasteiger partial charge in [-0.3, -0.25) is 13.7 Å². The van der Waals surface area contributed by atoms with Crippen LogP contribution in [0, 0.1) is 0 Å². The molecule has 0 spiro atoms. The van der Waals surface area contributed by atoms with Gasteiger partial charge in [-0.1, -0.05) is 36.4 Å². The Morgan fingerprint density at radius 3 is 1.00 bits per heavy atom. The highest BCUT2D eigenvalue weighted by Gasteiger charge is 2.36. The molecule has 0 radical (unpaired) electrons. The Balaban J connectivity index is 1.28. The first-order valence-corrected chi connectivity index (χ1v) is 12.4. The molecule has 188 valence electrons. The Bertz CT molecular complexity index is 1980. The van der Waals surface area contributed by atoms with Crippen molar-refractivity contribution in [2.24, 2.45) is 30.0 Å². The van der Waals surface area contributed by atoms with Gasteiger partial charge < -0.3 is 0 Å². The molecule has 0 saturated carbocycles. The smallest absolute Gasteiger partial charge is 0.246 e. The molecule has 0 aliphatic carbocycles. The highest BCUT2D eigenvalue weighted by molar-refractivity contribution is 6.31. The number of para-hydroxylation sites is 6. The first-order valence-electron chi connectivity index (χ1n) is 12.4. The van der Waals surface area contributed by atoms with Gasteiger partial charge in [-0.15, -0.1) is 0 Å². The standard InChI is InChI=1S/C27H15N13/c1-4-10-19-16(7-1)28-13-37(19)22-31-25-33-23(38-14-29-17-8-2-5-11-20(17)38)35-27-36-24(34-26(32-22)40(25)27)39-15-30-18-9-3-6-12-21(18)39/h1-15H. The van der Waals surface area contributed by atoms with Gasteiger partial charge in [0.1, 0.15) is 19.0 Å². The molecule has 13 nitrogen and oxygen atoms in total. The summed E-state index contributed by atoms with van der Waals surface area (Å²) in [5.74, 6) is 2.11. The number of benzene rings is 3. The van der Waals surface area contributed by atoms with Gasteiger partial charge in [-0.2, -0.15) is 30.0 Å². The minimum Gasteiger partial charge on any atom is -0.267 e. The topological polar surface area (TPSA) is 131 Å². The molecule has 0 N–H and O–H groups in total. The van der Waals surface area contributed by atoms with Crippen LogP contribution in [0.25, 0.3) is 33.1 Å². The van der Waals surface area contributed by atoms with Crippen LogP contribution in [0.1, 0.15) is 0 Å². The molecule has 3 aromatic heterocycles. The Morgan fingerprint density at radius 1 is 0.350 bits per heavy atom. The Kier molecular flexibility index (Phi) is 4.02. The minimum absolute atomic E-state index is 0.331. The third kappa shape index (κ3) is 2.93. The summed E-state index contributed by atoms with van der Waals surface area (Å²) >= 11 is 0. The van der Waals surface area contributed by atoms with E-state index in [0.29, 0.717) is 35.8 Å². The van der Waals surface area contributed by atoms with Crippen LogP contribution in [-0.2, 0) is 0 Å². The van der Waals surface area contributed by atoms with E-state index in [1.54, 1.807) is 23.9 Å². The lowest BCUT2D eigenvalue weighted by Crippen LogP contribution is -2.49. The number of aromatic nitrogens is 6. The van der Waals surface area contributed by atoms with Gasteiger partial charge >= 0.3 is 0 Å². The van der Waals surface area contributed by atoms with Crippen molar-refractivity contribution in [1.29, 1.82) is 0 Å². The average Bonchev–Trinajstić information content (AvgIpc) is 3.73. The molecule has 40 heavy (non-hydrogen) atoms. The van der Waals surface area contributed by atoms with Crippen LogP contribution in [0.2, 0.25) is 0 Å². The number of fused-ring (bicyclic) bond motifs is 3. The van der Waals surface area contributed by atoms with Gasteiger partial charge in [0.25, 0.3) is 0 Å². The van der Waals surface area contributed by atoms with Crippen molar-refractivity contribution in [3.05, 3.63) is 91.8 Å². The van der Waals surface area contributed by atoms with E-state index < -0.39 is 0 Å². The summed E-state index contributed by atoms with van der Waals surface area (Å²) in [6.07, 6.45) is 5.07. The highest BCUT2D eigenvalue weighted by Crippen LogP contribution is 2.23. The summed E-state index contributed by atoms with van der Waals surface area (Å²) in [6.45, 7) is 0. The van der Waals surface area contributed by atoms with Crippen molar-refractivity contribution in [3.8, 4) is 0 Å². The zero-order valence-corrected chi connectivity index (χ0v) is 20.5. The van der Waals surface area contributed by atoms with Crippen molar-refractivity contribution in [2.75, 3.05) is 0 Å². The molecule has 0 amide bonds. The van der Waals surface area contributed by atoms with Crippen LogP contribution in [0.4, 0.5) is 0 Å². The molecule has 9 rings (SSSR count). The fourth-order valence-electron chi connectivity index (χ4n) is 4.93. The monoisotopic (exact) mass is 521 g/mol. The van der Waals surface area contributed by atoms with Gasteiger partial charge in [0, 0.05) is 0 Å². The molecule has 0 bridgehead atoms. The molecule has 0 atom stereocenters. The molecule has 0 fully saturated rings. The van der Waals surface area contributed by atoms with E-state index in [1.807, 2.05) is 86.5 Å². The van der Waals surface area contributed by atoms with Crippen molar-refractivity contribution in [1.82, 2.24) is 33.6 Å². The molecule has 3 aromatic carbocycles. The molecule has 3 aliphatic rings. The van der Waals surface area contributed by atoms with E-state index in [0.717, 1.165) is 33.1 Å². The van der Waals surface area contributed by atoms with E-state index >= 15 is 0 Å². The van der Waals surface area contributed by atoms with Gasteiger partial charge in [0.05, 0.1) is 33.1 Å². The zero-order chi connectivity index (χ0) is 26.2. The van der Waals surface area contributed by atoms with Crippen LogP contribution >= 0.6 is 0 Å². The molecule has 6 heterocycles. The number of guanidine groups is 3. The number of imidazole rings is 3. The van der Waals surface area contributed by atoms with E-state index in [4.69, 9.17) is 30.0 Å². The largest absolute Gasteiger partial charge is 0.267 e. The molecule has 13 heteroatoms. The summed E-state index contributed by atoms with van der Waals surface area (Å²) in [6, 6.07) is 23.4. The number of aliphatic imine (C=N–C) groups is 6. The number of nitrogens with zero attached hydrogens (tertiary/aromatic N) is 13. The zero-order valence-electron chi connectivity index (χ0n) is 20.5. The summed E-state index contributed by atoms with van der Waals surface area (Å²) in [4.78, 5) is 44.0. The predicted octanol–water partition coefficient (Wildman–Crippen LogP) is 3.16. The lowest BCUT2D eigenvalue weighted by atomic mass is 10.3. The quantitative estimate of drug-likeness (QED) is 0.304. The van der Waals surface area contributed by atoms with E-state index in [9.17, 15) is 0 Å².